The molecule has 0 bridgehead atoms. The summed E-state index contributed by atoms with van der Waals surface area (Å²) in [6, 6.07) is 0. The summed E-state index contributed by atoms with van der Waals surface area (Å²) in [5, 5.41) is 2.79. The van der Waals surface area contributed by atoms with Gasteiger partial charge in [-0.05, 0) is 33.0 Å². The van der Waals surface area contributed by atoms with Crippen LogP contribution in [0.1, 0.15) is 30.8 Å². The van der Waals surface area contributed by atoms with Gasteiger partial charge in [-0.25, -0.2) is 0 Å². The van der Waals surface area contributed by atoms with E-state index in [9.17, 15) is 9.59 Å². The molecule has 1 aromatic rings. The summed E-state index contributed by atoms with van der Waals surface area (Å²) < 4.78 is 0.659. The van der Waals surface area contributed by atoms with Gasteiger partial charge < -0.3 is 16.0 Å². The van der Waals surface area contributed by atoms with Gasteiger partial charge in [0.1, 0.15) is 0 Å². The van der Waals surface area contributed by atoms with Gasteiger partial charge in [-0.1, -0.05) is 0 Å². The molecule has 1 aromatic heterocycles. The smallest absolute Gasteiger partial charge is 0.225 e. The number of amides is 2. The summed E-state index contributed by atoms with van der Waals surface area (Å²) in [6.45, 7) is 5.41. The number of carbonyl (C=O) groups excluding carboxylic acids is 2. The zero-order valence-corrected chi connectivity index (χ0v) is 12.3. The molecular formula is C11H17N3O2S2. The minimum atomic E-state index is -0.630. The number of hydrogen-bond acceptors (Lipinski definition) is 4. The molecule has 100 valence electrons. The van der Waals surface area contributed by atoms with E-state index in [1.165, 1.54) is 11.3 Å². The molecule has 0 unspecified atom stereocenters. The zero-order chi connectivity index (χ0) is 13.9. The second-order valence-corrected chi connectivity index (χ2v) is 6.59. The van der Waals surface area contributed by atoms with Crippen LogP contribution in [0.2, 0.25) is 0 Å². The lowest BCUT2D eigenvalue weighted by Crippen LogP contribution is -2.46. The van der Waals surface area contributed by atoms with Gasteiger partial charge in [0.25, 0.3) is 0 Å². The van der Waals surface area contributed by atoms with Crippen molar-refractivity contribution in [2.24, 2.45) is 5.73 Å². The molecule has 0 atom stereocenters. The second kappa shape index (κ2) is 5.62. The zero-order valence-electron chi connectivity index (χ0n) is 10.6. The molecule has 0 saturated heterocycles. The van der Waals surface area contributed by atoms with Crippen LogP contribution >= 0.6 is 23.6 Å². The Kier molecular flexibility index (Phi) is 4.64. The van der Waals surface area contributed by atoms with E-state index in [-0.39, 0.29) is 18.7 Å². The van der Waals surface area contributed by atoms with Crippen LogP contribution in [-0.4, -0.2) is 22.3 Å². The SMILES string of the molecule is Cc1[nH]c(=S)sc1CC(=O)NC(C)(C)CC(N)=O. The van der Waals surface area contributed by atoms with E-state index in [2.05, 4.69) is 10.3 Å². The average molecular weight is 287 g/mol. The first-order valence-corrected chi connectivity index (χ1v) is 6.70. The number of rotatable bonds is 5. The molecular weight excluding hydrogens is 270 g/mol. The molecule has 18 heavy (non-hydrogen) atoms. The van der Waals surface area contributed by atoms with Gasteiger partial charge in [-0.15, -0.1) is 11.3 Å². The van der Waals surface area contributed by atoms with Crippen molar-refractivity contribution < 1.29 is 9.59 Å². The highest BCUT2D eigenvalue weighted by Gasteiger charge is 2.23. The van der Waals surface area contributed by atoms with Crippen LogP contribution in [0.25, 0.3) is 0 Å². The number of nitrogens with one attached hydrogen (secondary N) is 2. The monoisotopic (exact) mass is 287 g/mol. The van der Waals surface area contributed by atoms with Crippen LogP contribution in [0.4, 0.5) is 0 Å². The van der Waals surface area contributed by atoms with Gasteiger partial charge in [0.05, 0.1) is 6.42 Å². The first kappa shape index (κ1) is 14.8. The molecule has 1 rings (SSSR count). The Morgan fingerprint density at radius 1 is 1.50 bits per heavy atom. The molecule has 1 heterocycles. The summed E-state index contributed by atoms with van der Waals surface area (Å²) in [7, 11) is 0. The number of H-pyrrole nitrogens is 1. The normalized spacial score (nSPS) is 11.3. The highest BCUT2D eigenvalue weighted by molar-refractivity contribution is 7.73. The van der Waals surface area contributed by atoms with Crippen LogP contribution < -0.4 is 11.1 Å². The van der Waals surface area contributed by atoms with Gasteiger partial charge in [0, 0.05) is 22.5 Å². The lowest BCUT2D eigenvalue weighted by Gasteiger charge is -2.24. The van der Waals surface area contributed by atoms with Crippen LogP contribution in [0.15, 0.2) is 0 Å². The number of thiazole rings is 1. The van der Waals surface area contributed by atoms with E-state index in [1.807, 2.05) is 6.92 Å². The maximum absolute atomic E-state index is 11.9. The highest BCUT2D eigenvalue weighted by Crippen LogP contribution is 2.16. The minimum Gasteiger partial charge on any atom is -0.370 e. The van der Waals surface area contributed by atoms with Crippen molar-refractivity contribution in [3.05, 3.63) is 14.5 Å². The number of aromatic nitrogens is 1. The van der Waals surface area contributed by atoms with Crippen LogP contribution in [0, 0.1) is 10.9 Å². The molecule has 4 N–H and O–H groups in total. The molecule has 7 heteroatoms. The van der Waals surface area contributed by atoms with Crippen molar-refractivity contribution in [2.75, 3.05) is 0 Å². The van der Waals surface area contributed by atoms with Crippen LogP contribution in [0.3, 0.4) is 0 Å². The van der Waals surface area contributed by atoms with E-state index in [0.29, 0.717) is 3.95 Å². The molecule has 0 aliphatic carbocycles. The molecule has 0 aliphatic heterocycles. The molecule has 0 fully saturated rings. The van der Waals surface area contributed by atoms with E-state index >= 15 is 0 Å². The predicted molar refractivity (Wildman–Crippen MR) is 74.0 cm³/mol. The average Bonchev–Trinajstić information content (AvgIpc) is 2.40. The minimum absolute atomic E-state index is 0.112. The molecule has 0 radical (unpaired) electrons. The lowest BCUT2D eigenvalue weighted by atomic mass is 10.00. The number of aromatic amines is 1. The van der Waals surface area contributed by atoms with Crippen LogP contribution in [0.5, 0.6) is 0 Å². The third-order valence-electron chi connectivity index (χ3n) is 2.34. The van der Waals surface area contributed by atoms with Crippen molar-refractivity contribution >= 4 is 35.4 Å². The molecule has 2 amide bonds. The Hall–Kier alpha value is -1.21. The first-order chi connectivity index (χ1) is 8.19. The van der Waals surface area contributed by atoms with Crippen molar-refractivity contribution in [3.63, 3.8) is 0 Å². The quantitative estimate of drug-likeness (QED) is 0.716. The fraction of sp³-hybridized carbons (Fsp3) is 0.545. The number of hydrogen-bond donors (Lipinski definition) is 3. The van der Waals surface area contributed by atoms with Gasteiger partial charge in [0.15, 0.2) is 3.95 Å². The third-order valence-corrected chi connectivity index (χ3v) is 3.68. The number of carbonyl (C=O) groups is 2. The van der Waals surface area contributed by atoms with Crippen molar-refractivity contribution in [3.8, 4) is 0 Å². The Bertz CT molecular complexity index is 517. The standard InChI is InChI=1S/C11H17N3O2S2/c1-6-7(18-10(17)13-6)4-9(16)14-11(2,3)5-8(12)15/h4-5H2,1-3H3,(H2,12,15)(H,13,17)(H,14,16). The van der Waals surface area contributed by atoms with E-state index < -0.39 is 11.4 Å². The summed E-state index contributed by atoms with van der Waals surface area (Å²) in [4.78, 5) is 26.6. The van der Waals surface area contributed by atoms with Gasteiger partial charge in [-0.2, -0.15) is 0 Å². The van der Waals surface area contributed by atoms with Gasteiger partial charge in [-0.3, -0.25) is 9.59 Å². The van der Waals surface area contributed by atoms with E-state index in [4.69, 9.17) is 18.0 Å². The Balaban J connectivity index is 2.64. The number of nitrogens with two attached hydrogens (primary N) is 1. The van der Waals surface area contributed by atoms with Crippen molar-refractivity contribution in [1.29, 1.82) is 0 Å². The van der Waals surface area contributed by atoms with Crippen molar-refractivity contribution in [2.45, 2.75) is 39.2 Å². The first-order valence-electron chi connectivity index (χ1n) is 5.47. The fourth-order valence-corrected chi connectivity index (χ4v) is 2.94. The largest absolute Gasteiger partial charge is 0.370 e. The maximum atomic E-state index is 11.9. The maximum Gasteiger partial charge on any atom is 0.225 e. The Morgan fingerprint density at radius 2 is 2.11 bits per heavy atom. The molecule has 0 saturated carbocycles. The summed E-state index contributed by atoms with van der Waals surface area (Å²) in [5.41, 5.74) is 5.41. The third kappa shape index (κ3) is 4.58. The molecule has 0 spiro atoms. The lowest BCUT2D eigenvalue weighted by molar-refractivity contribution is -0.123. The number of aryl methyl sites for hydroxylation is 1. The topological polar surface area (TPSA) is 88.0 Å². The molecule has 5 nitrogen and oxygen atoms in total. The summed E-state index contributed by atoms with van der Waals surface area (Å²) in [5.74, 6) is -0.580. The number of primary amides is 1. The van der Waals surface area contributed by atoms with Crippen LogP contribution in [-0.2, 0) is 16.0 Å². The summed E-state index contributed by atoms with van der Waals surface area (Å²) in [6.07, 6.45) is 0.367. The Labute approximate surface area is 115 Å². The predicted octanol–water partition coefficient (Wildman–Crippen LogP) is 1.43. The van der Waals surface area contributed by atoms with E-state index in [0.717, 1.165) is 10.6 Å². The fourth-order valence-electron chi connectivity index (χ4n) is 1.65. The molecule has 0 aliphatic rings. The second-order valence-electron chi connectivity index (χ2n) is 4.81. The van der Waals surface area contributed by atoms with Gasteiger partial charge >= 0.3 is 0 Å². The Morgan fingerprint density at radius 3 is 2.56 bits per heavy atom. The molecule has 0 aromatic carbocycles. The van der Waals surface area contributed by atoms with E-state index in [1.54, 1.807) is 13.8 Å². The highest BCUT2D eigenvalue weighted by atomic mass is 32.1. The van der Waals surface area contributed by atoms with Crippen molar-refractivity contribution in [1.82, 2.24) is 10.3 Å². The van der Waals surface area contributed by atoms with Gasteiger partial charge in [0.2, 0.25) is 11.8 Å². The summed E-state index contributed by atoms with van der Waals surface area (Å²) >= 11 is 6.40.